The molecule has 0 aliphatic rings. The number of primary amides is 1. The molecule has 0 aromatic heterocycles. The van der Waals surface area contributed by atoms with Crippen molar-refractivity contribution in [3.05, 3.63) is 74.2 Å². The summed E-state index contributed by atoms with van der Waals surface area (Å²) < 4.78 is 0.904. The summed E-state index contributed by atoms with van der Waals surface area (Å²) in [5.74, 6) is -1.07. The summed E-state index contributed by atoms with van der Waals surface area (Å²) in [6, 6.07) is 12.3. The van der Waals surface area contributed by atoms with Gasteiger partial charge in [0.05, 0.1) is 11.3 Å². The Morgan fingerprint density at radius 1 is 1.16 bits per heavy atom. The normalized spacial score (nSPS) is 11.6. The van der Waals surface area contributed by atoms with Crippen molar-refractivity contribution in [2.45, 2.75) is 18.9 Å². The number of nitro benzene ring substituents is 1. The van der Waals surface area contributed by atoms with Gasteiger partial charge in [0.2, 0.25) is 11.8 Å². The Labute approximate surface area is 152 Å². The van der Waals surface area contributed by atoms with Gasteiger partial charge in [-0.3, -0.25) is 19.7 Å². The summed E-state index contributed by atoms with van der Waals surface area (Å²) in [5, 5.41) is 13.4. The summed E-state index contributed by atoms with van der Waals surface area (Å²) >= 11 is 3.32. The molecule has 25 heavy (non-hydrogen) atoms. The molecule has 8 heteroatoms. The van der Waals surface area contributed by atoms with E-state index in [-0.39, 0.29) is 18.5 Å². The Kier molecular flexibility index (Phi) is 6.24. The van der Waals surface area contributed by atoms with Gasteiger partial charge in [0, 0.05) is 23.0 Å². The number of nitrogens with one attached hydrogen (secondary N) is 1. The molecule has 0 heterocycles. The number of amides is 2. The third kappa shape index (κ3) is 5.68. The molecule has 0 bridgehead atoms. The topological polar surface area (TPSA) is 115 Å². The molecule has 2 aromatic rings. The van der Waals surface area contributed by atoms with Crippen LogP contribution in [-0.4, -0.2) is 22.8 Å². The van der Waals surface area contributed by atoms with Crippen LogP contribution in [-0.2, 0) is 22.4 Å². The van der Waals surface area contributed by atoms with Crippen LogP contribution in [0.15, 0.2) is 53.0 Å². The first-order valence-electron chi connectivity index (χ1n) is 7.41. The first-order chi connectivity index (χ1) is 11.8. The molecule has 1 atom stereocenters. The summed E-state index contributed by atoms with van der Waals surface area (Å²) in [5.41, 5.74) is 6.61. The van der Waals surface area contributed by atoms with E-state index < -0.39 is 22.8 Å². The van der Waals surface area contributed by atoms with Gasteiger partial charge in [0.25, 0.3) is 5.69 Å². The van der Waals surface area contributed by atoms with Crippen molar-refractivity contribution in [2.24, 2.45) is 5.73 Å². The predicted molar refractivity (Wildman–Crippen MR) is 95.8 cm³/mol. The second-order valence-corrected chi connectivity index (χ2v) is 6.37. The molecule has 0 aliphatic carbocycles. The van der Waals surface area contributed by atoms with Crippen LogP contribution in [0.4, 0.5) is 5.69 Å². The number of hydrogen-bond acceptors (Lipinski definition) is 4. The summed E-state index contributed by atoms with van der Waals surface area (Å²) in [7, 11) is 0. The molecule has 0 saturated carbocycles. The van der Waals surface area contributed by atoms with E-state index >= 15 is 0 Å². The van der Waals surface area contributed by atoms with Gasteiger partial charge >= 0.3 is 0 Å². The van der Waals surface area contributed by atoms with Gasteiger partial charge in [-0.2, -0.15) is 0 Å². The van der Waals surface area contributed by atoms with Crippen LogP contribution >= 0.6 is 15.9 Å². The van der Waals surface area contributed by atoms with Gasteiger partial charge in [-0.05, 0) is 23.3 Å². The lowest BCUT2D eigenvalue weighted by Gasteiger charge is -2.15. The third-order valence-corrected chi connectivity index (χ3v) is 4.05. The molecule has 2 rings (SSSR count). The van der Waals surface area contributed by atoms with Crippen molar-refractivity contribution < 1.29 is 14.5 Å². The highest BCUT2D eigenvalue weighted by atomic mass is 79.9. The zero-order valence-corrected chi connectivity index (χ0v) is 14.7. The fourth-order valence-electron chi connectivity index (χ4n) is 2.29. The van der Waals surface area contributed by atoms with E-state index in [1.165, 1.54) is 18.2 Å². The van der Waals surface area contributed by atoms with Crippen LogP contribution in [0.1, 0.15) is 11.1 Å². The average molecular weight is 406 g/mol. The number of nitrogens with zero attached hydrogens (tertiary/aromatic N) is 1. The lowest BCUT2D eigenvalue weighted by atomic mass is 10.0. The summed E-state index contributed by atoms with van der Waals surface area (Å²) in [4.78, 5) is 34.0. The van der Waals surface area contributed by atoms with E-state index in [1.807, 2.05) is 24.3 Å². The van der Waals surface area contributed by atoms with Crippen LogP contribution in [0, 0.1) is 10.1 Å². The molecule has 0 aliphatic heterocycles. The monoisotopic (exact) mass is 405 g/mol. The van der Waals surface area contributed by atoms with Crippen molar-refractivity contribution in [1.29, 1.82) is 0 Å². The van der Waals surface area contributed by atoms with Crippen LogP contribution in [0.2, 0.25) is 0 Å². The highest BCUT2D eigenvalue weighted by Crippen LogP contribution is 2.14. The Balaban J connectivity index is 2.02. The Hall–Kier alpha value is -2.74. The summed E-state index contributed by atoms with van der Waals surface area (Å²) in [6.45, 7) is 0. The van der Waals surface area contributed by atoms with E-state index in [4.69, 9.17) is 5.73 Å². The van der Waals surface area contributed by atoms with Gasteiger partial charge in [-0.15, -0.1) is 0 Å². The van der Waals surface area contributed by atoms with Gasteiger partial charge in [0.1, 0.15) is 6.04 Å². The van der Waals surface area contributed by atoms with Gasteiger partial charge in [-0.25, -0.2) is 0 Å². The number of hydrogen-bond donors (Lipinski definition) is 2. The highest BCUT2D eigenvalue weighted by Gasteiger charge is 2.19. The summed E-state index contributed by atoms with van der Waals surface area (Å²) in [6.07, 6.45) is 0.190. The number of rotatable bonds is 7. The molecule has 2 aromatic carbocycles. The van der Waals surface area contributed by atoms with Crippen LogP contribution < -0.4 is 11.1 Å². The molecule has 0 unspecified atom stereocenters. The Bertz CT molecular complexity index is 793. The zero-order chi connectivity index (χ0) is 18.4. The highest BCUT2D eigenvalue weighted by molar-refractivity contribution is 9.10. The van der Waals surface area contributed by atoms with E-state index in [2.05, 4.69) is 21.2 Å². The molecule has 130 valence electrons. The van der Waals surface area contributed by atoms with E-state index in [0.29, 0.717) is 5.56 Å². The van der Waals surface area contributed by atoms with Crippen molar-refractivity contribution in [2.75, 3.05) is 0 Å². The van der Waals surface area contributed by atoms with Gasteiger partial charge < -0.3 is 11.1 Å². The van der Waals surface area contributed by atoms with Gasteiger partial charge in [0.15, 0.2) is 0 Å². The largest absolute Gasteiger partial charge is 0.368 e. The molecule has 0 radical (unpaired) electrons. The number of halogens is 1. The quantitative estimate of drug-likeness (QED) is 0.541. The van der Waals surface area contributed by atoms with Crippen molar-refractivity contribution >= 4 is 33.4 Å². The van der Waals surface area contributed by atoms with Crippen LogP contribution in [0.5, 0.6) is 0 Å². The fourth-order valence-corrected chi connectivity index (χ4v) is 2.55. The predicted octanol–water partition coefficient (Wildman–Crippen LogP) is 2.11. The standard InChI is InChI=1S/C17H16BrN3O4/c18-13-6-4-11(5-7-13)9-15(17(19)23)20-16(22)10-12-2-1-3-14(8-12)21(24)25/h1-8,15H,9-10H2,(H2,19,23)(H,20,22)/t15-/m1/s1. The second-order valence-electron chi connectivity index (χ2n) is 5.46. The lowest BCUT2D eigenvalue weighted by molar-refractivity contribution is -0.384. The molecule has 0 fully saturated rings. The molecular formula is C17H16BrN3O4. The maximum absolute atomic E-state index is 12.2. The number of non-ortho nitro benzene ring substituents is 1. The van der Waals surface area contributed by atoms with E-state index in [1.54, 1.807) is 6.07 Å². The lowest BCUT2D eigenvalue weighted by Crippen LogP contribution is -2.46. The minimum Gasteiger partial charge on any atom is -0.368 e. The number of carbonyl (C=O) groups excluding carboxylic acids is 2. The maximum Gasteiger partial charge on any atom is 0.269 e. The maximum atomic E-state index is 12.2. The minimum absolute atomic E-state index is 0.0776. The molecule has 0 spiro atoms. The molecule has 2 amide bonds. The number of benzene rings is 2. The van der Waals surface area contributed by atoms with Crippen LogP contribution in [0.25, 0.3) is 0 Å². The SMILES string of the molecule is NC(=O)[C@@H](Cc1ccc(Br)cc1)NC(=O)Cc1cccc([N+](=O)[O-])c1. The van der Waals surface area contributed by atoms with Crippen molar-refractivity contribution in [3.8, 4) is 0 Å². The Morgan fingerprint density at radius 2 is 1.84 bits per heavy atom. The molecule has 3 N–H and O–H groups in total. The smallest absolute Gasteiger partial charge is 0.269 e. The molecular weight excluding hydrogens is 390 g/mol. The third-order valence-electron chi connectivity index (χ3n) is 3.52. The molecule has 7 nitrogen and oxygen atoms in total. The Morgan fingerprint density at radius 3 is 2.44 bits per heavy atom. The van der Waals surface area contributed by atoms with Gasteiger partial charge in [-0.1, -0.05) is 40.2 Å². The second kappa shape index (κ2) is 8.39. The first kappa shape index (κ1) is 18.6. The van der Waals surface area contributed by atoms with E-state index in [9.17, 15) is 19.7 Å². The number of nitro groups is 1. The molecule has 0 saturated heterocycles. The number of nitrogens with two attached hydrogens (primary N) is 1. The van der Waals surface area contributed by atoms with Crippen LogP contribution in [0.3, 0.4) is 0 Å². The van der Waals surface area contributed by atoms with Crippen molar-refractivity contribution in [3.63, 3.8) is 0 Å². The van der Waals surface area contributed by atoms with E-state index in [0.717, 1.165) is 10.0 Å². The zero-order valence-electron chi connectivity index (χ0n) is 13.1. The minimum atomic E-state index is -0.854. The fraction of sp³-hybridized carbons (Fsp3) is 0.176. The average Bonchev–Trinajstić information content (AvgIpc) is 2.56. The first-order valence-corrected chi connectivity index (χ1v) is 8.21. The number of carbonyl (C=O) groups is 2. The van der Waals surface area contributed by atoms with Crippen molar-refractivity contribution in [1.82, 2.24) is 5.32 Å².